The van der Waals surface area contributed by atoms with Gasteiger partial charge in [-0.1, -0.05) is 6.92 Å². The molecule has 0 radical (unpaired) electrons. The van der Waals surface area contributed by atoms with E-state index in [0.717, 1.165) is 36.6 Å². The van der Waals surface area contributed by atoms with Gasteiger partial charge in [-0.2, -0.15) is 5.10 Å². The number of aromatic nitrogens is 5. The summed E-state index contributed by atoms with van der Waals surface area (Å²) in [5, 5.41) is 7.04. The number of aryl methyl sites for hydroxylation is 1. The molecule has 2 aromatic rings. The lowest BCUT2D eigenvalue weighted by Gasteiger charge is -2.35. The summed E-state index contributed by atoms with van der Waals surface area (Å²) in [5.41, 5.74) is 6.77. The van der Waals surface area contributed by atoms with Gasteiger partial charge in [0.1, 0.15) is 17.3 Å². The monoisotopic (exact) mass is 232 g/mol. The molecule has 90 valence electrons. The zero-order chi connectivity index (χ0) is 11.9. The Morgan fingerprint density at radius 3 is 2.88 bits per heavy atom. The Bertz CT molecular complexity index is 522. The third kappa shape index (κ3) is 1.64. The van der Waals surface area contributed by atoms with E-state index in [1.807, 2.05) is 6.92 Å². The number of hydrogen-bond acceptors (Lipinski definition) is 4. The Labute approximate surface area is 99.1 Å². The van der Waals surface area contributed by atoms with E-state index in [1.165, 1.54) is 6.42 Å². The fourth-order valence-electron chi connectivity index (χ4n) is 2.06. The molecule has 0 spiro atoms. The van der Waals surface area contributed by atoms with E-state index in [-0.39, 0.29) is 5.54 Å². The first kappa shape index (κ1) is 10.5. The van der Waals surface area contributed by atoms with Crippen molar-refractivity contribution in [2.24, 2.45) is 5.73 Å². The van der Waals surface area contributed by atoms with Crippen LogP contribution in [-0.4, -0.2) is 25.1 Å². The van der Waals surface area contributed by atoms with Crippen LogP contribution in [0, 0.1) is 0 Å². The van der Waals surface area contributed by atoms with Crippen molar-refractivity contribution in [3.05, 3.63) is 17.8 Å². The van der Waals surface area contributed by atoms with Crippen LogP contribution in [0.25, 0.3) is 11.5 Å². The van der Waals surface area contributed by atoms with E-state index >= 15 is 0 Å². The van der Waals surface area contributed by atoms with Gasteiger partial charge in [0.25, 0.3) is 0 Å². The van der Waals surface area contributed by atoms with Crippen molar-refractivity contribution in [3.63, 3.8) is 0 Å². The molecule has 1 saturated carbocycles. The van der Waals surface area contributed by atoms with Crippen molar-refractivity contribution in [3.8, 4) is 11.5 Å². The molecule has 0 unspecified atom stereocenters. The highest BCUT2D eigenvalue weighted by Crippen LogP contribution is 2.37. The number of nitrogens with one attached hydrogen (secondary N) is 2. The fraction of sp³-hybridized carbons (Fsp3) is 0.545. The SMILES string of the molecule is CCc1nc(-c2cnc(C3(N)CCC3)[nH]2)n[nH]1. The largest absolute Gasteiger partial charge is 0.338 e. The molecule has 3 rings (SSSR count). The highest BCUT2D eigenvalue weighted by Gasteiger charge is 2.37. The van der Waals surface area contributed by atoms with Gasteiger partial charge in [0.15, 0.2) is 5.82 Å². The summed E-state index contributed by atoms with van der Waals surface area (Å²) < 4.78 is 0. The highest BCUT2D eigenvalue weighted by molar-refractivity contribution is 5.47. The third-order valence-electron chi connectivity index (χ3n) is 3.40. The van der Waals surface area contributed by atoms with Crippen LogP contribution in [0.4, 0.5) is 0 Å². The maximum atomic E-state index is 6.20. The number of H-pyrrole nitrogens is 2. The number of hydrogen-bond donors (Lipinski definition) is 3. The van der Waals surface area contributed by atoms with Crippen LogP contribution < -0.4 is 5.73 Å². The first-order valence-electron chi connectivity index (χ1n) is 5.97. The summed E-state index contributed by atoms with van der Waals surface area (Å²) >= 11 is 0. The molecule has 4 N–H and O–H groups in total. The highest BCUT2D eigenvalue weighted by atomic mass is 15.2. The van der Waals surface area contributed by atoms with Gasteiger partial charge in [-0.3, -0.25) is 5.10 Å². The van der Waals surface area contributed by atoms with Gasteiger partial charge in [-0.15, -0.1) is 0 Å². The van der Waals surface area contributed by atoms with Gasteiger partial charge in [-0.05, 0) is 19.3 Å². The lowest BCUT2D eigenvalue weighted by atomic mass is 9.77. The van der Waals surface area contributed by atoms with Crippen LogP contribution in [-0.2, 0) is 12.0 Å². The Kier molecular flexibility index (Phi) is 2.25. The molecule has 1 aliphatic carbocycles. The quantitative estimate of drug-likeness (QED) is 0.738. The lowest BCUT2D eigenvalue weighted by Crippen LogP contribution is -2.44. The maximum Gasteiger partial charge on any atom is 0.199 e. The fourth-order valence-corrected chi connectivity index (χ4v) is 2.06. The van der Waals surface area contributed by atoms with Gasteiger partial charge >= 0.3 is 0 Å². The molecule has 1 aliphatic rings. The Morgan fingerprint density at radius 1 is 1.47 bits per heavy atom. The van der Waals surface area contributed by atoms with Gasteiger partial charge in [-0.25, -0.2) is 9.97 Å². The molecule has 6 nitrogen and oxygen atoms in total. The molecule has 17 heavy (non-hydrogen) atoms. The molecule has 0 bridgehead atoms. The summed E-state index contributed by atoms with van der Waals surface area (Å²) in [5.74, 6) is 2.38. The summed E-state index contributed by atoms with van der Waals surface area (Å²) in [7, 11) is 0. The van der Waals surface area contributed by atoms with E-state index in [4.69, 9.17) is 5.73 Å². The van der Waals surface area contributed by atoms with Crippen LogP contribution in [0.1, 0.15) is 37.8 Å². The molecule has 0 atom stereocenters. The lowest BCUT2D eigenvalue weighted by molar-refractivity contribution is 0.240. The van der Waals surface area contributed by atoms with Crippen molar-refractivity contribution < 1.29 is 0 Å². The van der Waals surface area contributed by atoms with Crippen molar-refractivity contribution >= 4 is 0 Å². The van der Waals surface area contributed by atoms with Crippen LogP contribution in [0.3, 0.4) is 0 Å². The van der Waals surface area contributed by atoms with E-state index in [0.29, 0.717) is 5.82 Å². The van der Waals surface area contributed by atoms with Crippen molar-refractivity contribution in [1.29, 1.82) is 0 Å². The van der Waals surface area contributed by atoms with E-state index < -0.39 is 0 Å². The molecule has 0 saturated heterocycles. The Morgan fingerprint density at radius 2 is 2.29 bits per heavy atom. The first-order chi connectivity index (χ1) is 8.21. The molecule has 0 amide bonds. The molecular weight excluding hydrogens is 216 g/mol. The zero-order valence-electron chi connectivity index (χ0n) is 9.82. The van der Waals surface area contributed by atoms with Crippen LogP contribution in [0.5, 0.6) is 0 Å². The summed E-state index contributed by atoms with van der Waals surface area (Å²) in [6.45, 7) is 2.03. The molecule has 0 aromatic carbocycles. The van der Waals surface area contributed by atoms with Gasteiger partial charge < -0.3 is 10.7 Å². The zero-order valence-corrected chi connectivity index (χ0v) is 9.82. The van der Waals surface area contributed by atoms with Gasteiger partial charge in [0.2, 0.25) is 0 Å². The van der Waals surface area contributed by atoms with Crippen molar-refractivity contribution in [2.75, 3.05) is 0 Å². The number of rotatable bonds is 3. The van der Waals surface area contributed by atoms with Gasteiger partial charge in [0, 0.05) is 6.42 Å². The smallest absolute Gasteiger partial charge is 0.199 e. The number of imidazole rings is 1. The van der Waals surface area contributed by atoms with Crippen LogP contribution in [0.2, 0.25) is 0 Å². The van der Waals surface area contributed by atoms with E-state index in [1.54, 1.807) is 6.20 Å². The number of nitrogens with two attached hydrogens (primary N) is 1. The minimum Gasteiger partial charge on any atom is -0.338 e. The summed E-state index contributed by atoms with van der Waals surface area (Å²) in [4.78, 5) is 11.9. The standard InChI is InChI=1S/C11H16N6/c1-2-8-15-9(17-16-8)7-6-13-10(14-7)11(12)4-3-5-11/h6H,2-5,12H2,1H3,(H,13,14)(H,15,16,17). The molecule has 2 heterocycles. The van der Waals surface area contributed by atoms with Crippen molar-refractivity contribution in [2.45, 2.75) is 38.1 Å². The van der Waals surface area contributed by atoms with E-state index in [2.05, 4.69) is 25.1 Å². The topological polar surface area (TPSA) is 96.3 Å². The normalized spacial score (nSPS) is 18.0. The average Bonchev–Trinajstić information content (AvgIpc) is 2.94. The van der Waals surface area contributed by atoms with E-state index in [9.17, 15) is 0 Å². The van der Waals surface area contributed by atoms with Gasteiger partial charge in [0.05, 0.1) is 11.7 Å². The second-order valence-electron chi connectivity index (χ2n) is 4.61. The number of aromatic amines is 2. The number of nitrogens with zero attached hydrogens (tertiary/aromatic N) is 3. The molecular formula is C11H16N6. The van der Waals surface area contributed by atoms with Crippen molar-refractivity contribution in [1.82, 2.24) is 25.1 Å². The predicted molar refractivity (Wildman–Crippen MR) is 63.1 cm³/mol. The van der Waals surface area contributed by atoms with Crippen LogP contribution in [0.15, 0.2) is 6.20 Å². The second kappa shape index (κ2) is 3.66. The molecule has 6 heteroatoms. The molecule has 2 aromatic heterocycles. The Balaban J connectivity index is 1.89. The Hall–Kier alpha value is -1.69. The predicted octanol–water partition coefficient (Wildman–Crippen LogP) is 1.10. The average molecular weight is 232 g/mol. The minimum absolute atomic E-state index is 0.262. The summed E-state index contributed by atoms with van der Waals surface area (Å²) in [6, 6.07) is 0. The minimum atomic E-state index is -0.262. The van der Waals surface area contributed by atoms with Crippen LogP contribution >= 0.6 is 0 Å². The third-order valence-corrected chi connectivity index (χ3v) is 3.40. The maximum absolute atomic E-state index is 6.20. The molecule has 1 fully saturated rings. The summed E-state index contributed by atoms with van der Waals surface area (Å²) in [6.07, 6.45) is 5.76. The first-order valence-corrected chi connectivity index (χ1v) is 5.97. The second-order valence-corrected chi connectivity index (χ2v) is 4.61. The molecule has 0 aliphatic heterocycles.